The molecule has 15 heavy (non-hydrogen) atoms. The van der Waals surface area contributed by atoms with E-state index in [1.807, 2.05) is 0 Å². The molecule has 0 N–H and O–H groups in total. The molecular weight excluding hydrogens is 257 g/mol. The zero-order valence-electron chi connectivity index (χ0n) is 6.95. The minimum atomic E-state index is -4.80. The van der Waals surface area contributed by atoms with E-state index in [4.69, 9.17) is 23.2 Å². The molecule has 1 aromatic carbocycles. The summed E-state index contributed by atoms with van der Waals surface area (Å²) in [6.45, 7) is 0. The Morgan fingerprint density at radius 3 is 2.40 bits per heavy atom. The van der Waals surface area contributed by atoms with Gasteiger partial charge in [0.1, 0.15) is 5.69 Å². The van der Waals surface area contributed by atoms with E-state index in [0.717, 1.165) is 6.07 Å². The van der Waals surface area contributed by atoms with E-state index in [1.165, 1.54) is 12.1 Å². The summed E-state index contributed by atoms with van der Waals surface area (Å²) in [4.78, 5) is 2.89. The lowest BCUT2D eigenvalue weighted by atomic mass is 10.3. The fourth-order valence-electron chi connectivity index (χ4n) is 0.748. The van der Waals surface area contributed by atoms with Crippen molar-refractivity contribution in [1.82, 2.24) is 0 Å². The van der Waals surface area contributed by atoms with Crippen LogP contribution in [0.15, 0.2) is 23.2 Å². The number of hydrogen-bond donors (Lipinski definition) is 0. The van der Waals surface area contributed by atoms with E-state index in [-0.39, 0.29) is 5.02 Å². The van der Waals surface area contributed by atoms with Crippen LogP contribution < -0.4 is 0 Å². The van der Waals surface area contributed by atoms with Crippen molar-refractivity contribution >= 4 is 34.1 Å². The first kappa shape index (κ1) is 12.3. The molecular formula is C8H3Cl2F4N. The van der Waals surface area contributed by atoms with Crippen molar-refractivity contribution in [2.75, 3.05) is 0 Å². The van der Waals surface area contributed by atoms with Crippen LogP contribution in [0.3, 0.4) is 0 Å². The number of hydrogen-bond acceptors (Lipinski definition) is 1. The van der Waals surface area contributed by atoms with Gasteiger partial charge in [0, 0.05) is 0 Å². The Hall–Kier alpha value is -0.810. The highest BCUT2D eigenvalue weighted by molar-refractivity contribution is 6.67. The average Bonchev–Trinajstić information content (AvgIpc) is 2.11. The maximum atomic E-state index is 13.1. The molecule has 0 radical (unpaired) electrons. The molecule has 1 nitrogen and oxygen atoms in total. The van der Waals surface area contributed by atoms with E-state index in [2.05, 4.69) is 4.99 Å². The summed E-state index contributed by atoms with van der Waals surface area (Å²) in [5.41, 5.74) is -0.551. The highest BCUT2D eigenvalue weighted by Crippen LogP contribution is 2.28. The number of aliphatic imine (C=N–C) groups is 1. The first-order valence-corrected chi connectivity index (χ1v) is 4.33. The summed E-state index contributed by atoms with van der Waals surface area (Å²) < 4.78 is 48.9. The van der Waals surface area contributed by atoms with E-state index in [9.17, 15) is 17.6 Å². The Balaban J connectivity index is 3.15. The molecule has 0 saturated carbocycles. The second kappa shape index (κ2) is 4.37. The van der Waals surface area contributed by atoms with Crippen LogP contribution in [0.25, 0.3) is 0 Å². The molecule has 7 heteroatoms. The highest BCUT2D eigenvalue weighted by atomic mass is 35.5. The fourth-order valence-corrected chi connectivity index (χ4v) is 1.01. The zero-order valence-corrected chi connectivity index (χ0v) is 8.46. The smallest absolute Gasteiger partial charge is 0.229 e. The molecule has 0 amide bonds. The standard InChI is InChI=1S/C8H3Cl2F4N/c9-4-2-1-3-5(6(4)11)15-7(10)8(12,13)14/h1-3H. The van der Waals surface area contributed by atoms with Gasteiger partial charge in [-0.15, -0.1) is 0 Å². The van der Waals surface area contributed by atoms with Crippen molar-refractivity contribution in [1.29, 1.82) is 0 Å². The number of alkyl halides is 3. The highest BCUT2D eigenvalue weighted by Gasteiger charge is 2.34. The molecule has 0 heterocycles. The second-order valence-electron chi connectivity index (χ2n) is 2.47. The minimum Gasteiger partial charge on any atom is -0.229 e. The van der Waals surface area contributed by atoms with Gasteiger partial charge in [-0.05, 0) is 12.1 Å². The van der Waals surface area contributed by atoms with Crippen molar-refractivity contribution < 1.29 is 17.6 Å². The van der Waals surface area contributed by atoms with Crippen LogP contribution >= 0.6 is 23.2 Å². The van der Waals surface area contributed by atoms with E-state index in [1.54, 1.807) is 0 Å². The zero-order chi connectivity index (χ0) is 11.6. The molecule has 0 aliphatic heterocycles. The molecule has 0 bridgehead atoms. The first-order valence-electron chi connectivity index (χ1n) is 3.58. The van der Waals surface area contributed by atoms with Crippen molar-refractivity contribution in [3.05, 3.63) is 29.0 Å². The normalized spacial score (nSPS) is 13.1. The van der Waals surface area contributed by atoms with Crippen LogP contribution in [0.4, 0.5) is 23.2 Å². The third kappa shape index (κ3) is 3.07. The third-order valence-corrected chi connectivity index (χ3v) is 1.97. The predicted molar refractivity (Wildman–Crippen MR) is 50.4 cm³/mol. The lowest BCUT2D eigenvalue weighted by Gasteiger charge is -2.04. The molecule has 0 aromatic heterocycles. The molecule has 1 rings (SSSR count). The van der Waals surface area contributed by atoms with Crippen LogP contribution in [0.2, 0.25) is 5.02 Å². The summed E-state index contributed by atoms with van der Waals surface area (Å²) in [5.74, 6) is -1.04. The van der Waals surface area contributed by atoms with Gasteiger partial charge in [0.2, 0.25) is 5.17 Å². The summed E-state index contributed by atoms with van der Waals surface area (Å²) in [6.07, 6.45) is -4.80. The Labute approximate surface area is 92.3 Å². The van der Waals surface area contributed by atoms with Crippen LogP contribution in [-0.4, -0.2) is 11.3 Å². The number of nitrogens with zero attached hydrogens (tertiary/aromatic N) is 1. The molecule has 0 fully saturated rings. The second-order valence-corrected chi connectivity index (χ2v) is 3.24. The Bertz CT molecular complexity index is 400. The summed E-state index contributed by atoms with van der Waals surface area (Å²) in [7, 11) is 0. The molecule has 0 aliphatic rings. The van der Waals surface area contributed by atoms with Crippen LogP contribution in [0, 0.1) is 5.82 Å². The largest absolute Gasteiger partial charge is 0.444 e. The Kier molecular flexibility index (Phi) is 3.57. The molecule has 1 aromatic rings. The lowest BCUT2D eigenvalue weighted by Crippen LogP contribution is -2.16. The van der Waals surface area contributed by atoms with E-state index >= 15 is 0 Å². The van der Waals surface area contributed by atoms with Crippen LogP contribution in [0.5, 0.6) is 0 Å². The van der Waals surface area contributed by atoms with Crippen LogP contribution in [-0.2, 0) is 0 Å². The molecule has 0 aliphatic carbocycles. The quantitative estimate of drug-likeness (QED) is 0.527. The molecule has 0 atom stereocenters. The van der Waals surface area contributed by atoms with Gasteiger partial charge in [0.25, 0.3) is 0 Å². The number of halogens is 6. The summed E-state index contributed by atoms with van der Waals surface area (Å²) >= 11 is 10.2. The third-order valence-electron chi connectivity index (χ3n) is 1.38. The van der Waals surface area contributed by atoms with Gasteiger partial charge >= 0.3 is 6.18 Å². The van der Waals surface area contributed by atoms with Crippen molar-refractivity contribution in [2.24, 2.45) is 4.99 Å². The monoisotopic (exact) mass is 259 g/mol. The fraction of sp³-hybridized carbons (Fsp3) is 0.125. The van der Waals surface area contributed by atoms with Gasteiger partial charge < -0.3 is 0 Å². The van der Waals surface area contributed by atoms with Gasteiger partial charge in [0.05, 0.1) is 5.02 Å². The maximum absolute atomic E-state index is 13.1. The maximum Gasteiger partial charge on any atom is 0.444 e. The Morgan fingerprint density at radius 2 is 1.87 bits per heavy atom. The molecule has 0 saturated heterocycles. The molecule has 82 valence electrons. The van der Waals surface area contributed by atoms with Gasteiger partial charge in [-0.3, -0.25) is 0 Å². The van der Waals surface area contributed by atoms with Crippen LogP contribution in [0.1, 0.15) is 0 Å². The van der Waals surface area contributed by atoms with Gasteiger partial charge in [-0.2, -0.15) is 13.2 Å². The predicted octanol–water partition coefficient (Wildman–Crippen LogP) is 4.31. The van der Waals surface area contributed by atoms with Crippen molar-refractivity contribution in [3.63, 3.8) is 0 Å². The number of benzene rings is 1. The average molecular weight is 260 g/mol. The van der Waals surface area contributed by atoms with Crippen molar-refractivity contribution in [2.45, 2.75) is 6.18 Å². The SMILES string of the molecule is Fc1c(Cl)cccc1N=C(Cl)C(F)(F)F. The number of rotatable bonds is 1. The minimum absolute atomic E-state index is 0.317. The van der Waals surface area contributed by atoms with Gasteiger partial charge in [-0.1, -0.05) is 29.3 Å². The molecule has 0 unspecified atom stereocenters. The van der Waals surface area contributed by atoms with E-state index in [0.29, 0.717) is 0 Å². The first-order chi connectivity index (χ1) is 6.82. The Morgan fingerprint density at radius 1 is 1.27 bits per heavy atom. The van der Waals surface area contributed by atoms with Crippen molar-refractivity contribution in [3.8, 4) is 0 Å². The van der Waals surface area contributed by atoms with Gasteiger partial charge in [-0.25, -0.2) is 9.38 Å². The van der Waals surface area contributed by atoms with Gasteiger partial charge in [0.15, 0.2) is 5.82 Å². The lowest BCUT2D eigenvalue weighted by molar-refractivity contribution is -0.0558. The summed E-state index contributed by atoms with van der Waals surface area (Å²) in [5, 5.41) is -1.97. The summed E-state index contributed by atoms with van der Waals surface area (Å²) in [6, 6.07) is 3.50. The topological polar surface area (TPSA) is 12.4 Å². The van der Waals surface area contributed by atoms with E-state index < -0.39 is 22.9 Å². The molecule has 0 spiro atoms.